The van der Waals surface area contributed by atoms with Gasteiger partial charge >= 0.3 is 6.18 Å². The van der Waals surface area contributed by atoms with Gasteiger partial charge in [0, 0.05) is 37.8 Å². The molecule has 0 radical (unpaired) electrons. The van der Waals surface area contributed by atoms with E-state index in [1.54, 1.807) is 18.2 Å². The van der Waals surface area contributed by atoms with E-state index in [4.69, 9.17) is 0 Å². The fourth-order valence-corrected chi connectivity index (χ4v) is 5.72. The monoisotopic (exact) mass is 506 g/mol. The van der Waals surface area contributed by atoms with Crippen LogP contribution in [-0.4, -0.2) is 66.4 Å². The van der Waals surface area contributed by atoms with Crippen molar-refractivity contribution in [2.24, 2.45) is 5.41 Å². The number of likely N-dealkylation sites (N-methyl/N-ethyl adjacent to an activating group) is 1. The summed E-state index contributed by atoms with van der Waals surface area (Å²) in [4.78, 5) is 52.8. The van der Waals surface area contributed by atoms with E-state index >= 15 is 0 Å². The molecule has 2 heterocycles. The van der Waals surface area contributed by atoms with Crippen molar-refractivity contribution in [3.63, 3.8) is 0 Å². The number of nitrogens with zero attached hydrogens (tertiary/aromatic N) is 2. The second-order valence-corrected chi connectivity index (χ2v) is 10.4. The first-order valence-corrected chi connectivity index (χ1v) is 12.4. The topological polar surface area (TPSA) is 98.8 Å². The Kier molecular flexibility index (Phi) is 6.09. The van der Waals surface area contributed by atoms with Gasteiger partial charge in [0.1, 0.15) is 6.04 Å². The lowest BCUT2D eigenvalue weighted by Gasteiger charge is -2.40. The maximum absolute atomic E-state index is 13.4. The van der Waals surface area contributed by atoms with Gasteiger partial charge in [-0.2, -0.15) is 13.2 Å². The number of halogens is 3. The molecule has 4 aliphatic rings. The minimum absolute atomic E-state index is 0.0451. The number of amides is 4. The molecule has 8 nitrogen and oxygen atoms in total. The molecular weight excluding hydrogens is 477 g/mol. The van der Waals surface area contributed by atoms with Crippen molar-refractivity contribution in [3.05, 3.63) is 29.3 Å². The lowest BCUT2D eigenvalue weighted by Crippen LogP contribution is -2.54. The molecule has 0 bridgehead atoms. The van der Waals surface area contributed by atoms with Gasteiger partial charge < -0.3 is 10.2 Å². The number of benzene rings is 1. The zero-order chi connectivity index (χ0) is 25.8. The highest BCUT2D eigenvalue weighted by Crippen LogP contribution is 2.57. The number of fused-ring (bicyclic) bond motifs is 1. The van der Waals surface area contributed by atoms with Gasteiger partial charge in [0.2, 0.25) is 11.8 Å². The number of nitrogens with one attached hydrogen (secondary N) is 2. The van der Waals surface area contributed by atoms with E-state index in [1.807, 2.05) is 11.9 Å². The van der Waals surface area contributed by atoms with Crippen molar-refractivity contribution in [3.8, 4) is 0 Å². The maximum Gasteiger partial charge on any atom is 0.395 e. The zero-order valence-electron chi connectivity index (χ0n) is 20.0. The molecule has 2 aliphatic heterocycles. The van der Waals surface area contributed by atoms with Crippen LogP contribution < -0.4 is 15.5 Å². The van der Waals surface area contributed by atoms with E-state index in [9.17, 15) is 32.3 Å². The Labute approximate surface area is 206 Å². The molecule has 1 aromatic rings. The Hall–Kier alpha value is -2.95. The molecule has 1 unspecified atom stereocenters. The smallest absolute Gasteiger partial charge is 0.370 e. The van der Waals surface area contributed by atoms with E-state index in [2.05, 4.69) is 10.6 Å². The van der Waals surface area contributed by atoms with Crippen molar-refractivity contribution in [1.29, 1.82) is 0 Å². The van der Waals surface area contributed by atoms with Crippen molar-refractivity contribution < 1.29 is 32.3 Å². The van der Waals surface area contributed by atoms with Crippen molar-refractivity contribution >= 4 is 29.3 Å². The summed E-state index contributed by atoms with van der Waals surface area (Å²) in [5, 5.41) is 5.37. The van der Waals surface area contributed by atoms with Gasteiger partial charge in [-0.15, -0.1) is 0 Å². The molecule has 0 spiro atoms. The van der Waals surface area contributed by atoms with Crippen LogP contribution in [0.25, 0.3) is 0 Å². The van der Waals surface area contributed by atoms with Crippen LogP contribution >= 0.6 is 0 Å². The Morgan fingerprint density at radius 2 is 1.75 bits per heavy atom. The number of carbonyl (C=O) groups excluding carboxylic acids is 4. The zero-order valence-corrected chi connectivity index (χ0v) is 20.0. The van der Waals surface area contributed by atoms with Gasteiger partial charge in [-0.1, -0.05) is 12.8 Å². The second-order valence-electron chi connectivity index (χ2n) is 10.4. The quantitative estimate of drug-likeness (QED) is 0.576. The summed E-state index contributed by atoms with van der Waals surface area (Å²) in [6.45, 7) is -0.0937. The Bertz CT molecular complexity index is 1120. The summed E-state index contributed by atoms with van der Waals surface area (Å²) in [5.41, 5.74) is -0.562. The molecule has 2 saturated carbocycles. The third-order valence-electron chi connectivity index (χ3n) is 8.22. The number of alkyl halides is 3. The van der Waals surface area contributed by atoms with Crippen LogP contribution in [-0.2, 0) is 9.59 Å². The minimum atomic E-state index is -4.21. The lowest BCUT2D eigenvalue weighted by molar-refractivity contribution is -0.186. The van der Waals surface area contributed by atoms with E-state index in [0.29, 0.717) is 5.69 Å². The predicted octanol–water partition coefficient (Wildman–Crippen LogP) is 2.77. The number of imide groups is 2. The maximum atomic E-state index is 13.4. The normalized spacial score (nSPS) is 27.7. The van der Waals surface area contributed by atoms with E-state index in [-0.39, 0.29) is 55.4 Å². The van der Waals surface area contributed by atoms with E-state index in [1.165, 1.54) is 0 Å². The number of rotatable bonds is 6. The van der Waals surface area contributed by atoms with Gasteiger partial charge in [0.15, 0.2) is 0 Å². The molecule has 1 saturated heterocycles. The van der Waals surface area contributed by atoms with Gasteiger partial charge in [-0.05, 0) is 50.3 Å². The summed E-state index contributed by atoms with van der Waals surface area (Å²) in [6, 6.07) is 3.66. The molecule has 36 heavy (non-hydrogen) atoms. The molecule has 1 aromatic carbocycles. The summed E-state index contributed by atoms with van der Waals surface area (Å²) < 4.78 is 40.3. The number of piperidine rings is 1. The van der Waals surface area contributed by atoms with Crippen molar-refractivity contribution in [2.45, 2.75) is 75.7 Å². The summed E-state index contributed by atoms with van der Waals surface area (Å²) in [7, 11) is 1.85. The van der Waals surface area contributed by atoms with Crippen LogP contribution in [0.2, 0.25) is 0 Å². The van der Waals surface area contributed by atoms with Crippen LogP contribution in [0.5, 0.6) is 0 Å². The molecule has 2 N–H and O–H groups in total. The molecule has 5 rings (SSSR count). The fourth-order valence-electron chi connectivity index (χ4n) is 5.72. The average Bonchev–Trinajstić information content (AvgIpc) is 3.60. The molecule has 11 heteroatoms. The average molecular weight is 507 g/mol. The molecule has 3 atom stereocenters. The fraction of sp³-hybridized carbons (Fsp3) is 0.600. The molecular formula is C25H29F3N4O4. The van der Waals surface area contributed by atoms with Crippen molar-refractivity contribution in [2.75, 3.05) is 18.5 Å². The third-order valence-corrected chi connectivity index (χ3v) is 8.22. The Morgan fingerprint density at radius 3 is 2.42 bits per heavy atom. The van der Waals surface area contributed by atoms with Gasteiger partial charge in [0.05, 0.1) is 16.5 Å². The molecule has 3 fully saturated rings. The first kappa shape index (κ1) is 24.7. The Balaban J connectivity index is 1.33. The largest absolute Gasteiger partial charge is 0.395 e. The first-order valence-electron chi connectivity index (χ1n) is 12.4. The van der Waals surface area contributed by atoms with Gasteiger partial charge in [0.25, 0.3) is 11.8 Å². The summed E-state index contributed by atoms with van der Waals surface area (Å²) in [5.74, 6) is -2.26. The van der Waals surface area contributed by atoms with E-state index in [0.717, 1.165) is 30.6 Å². The second kappa shape index (κ2) is 8.86. The Morgan fingerprint density at radius 1 is 1.06 bits per heavy atom. The minimum Gasteiger partial charge on any atom is -0.370 e. The van der Waals surface area contributed by atoms with Gasteiger partial charge in [-0.3, -0.25) is 29.4 Å². The third kappa shape index (κ3) is 4.16. The molecule has 0 aromatic heterocycles. The lowest BCUT2D eigenvalue weighted by atomic mass is 9.88. The van der Waals surface area contributed by atoms with Crippen molar-refractivity contribution in [1.82, 2.24) is 15.5 Å². The predicted molar refractivity (Wildman–Crippen MR) is 123 cm³/mol. The standard InChI is InChI=1S/C25H29F3N4O4/c1-31(18-5-3-2-4-17(18)29-13-24(10-11-24)25(26,27)28)14-6-7-15-16(12-14)23(36)32(22(15)35)19-8-9-20(33)30-21(19)34/h6-7,12,17-19,29H,2-5,8-11,13H2,1H3,(H,30,33,34)/t17-,18-,19?/m1/s1. The molecule has 4 amide bonds. The summed E-state index contributed by atoms with van der Waals surface area (Å²) >= 11 is 0. The highest BCUT2D eigenvalue weighted by atomic mass is 19.4. The molecule has 194 valence electrons. The summed E-state index contributed by atoms with van der Waals surface area (Å²) in [6.07, 6.45) is -0.349. The number of hydrogen-bond acceptors (Lipinski definition) is 6. The number of anilines is 1. The van der Waals surface area contributed by atoms with Crippen LogP contribution in [0.1, 0.15) is 72.1 Å². The van der Waals surface area contributed by atoms with E-state index < -0.39 is 41.3 Å². The van der Waals surface area contributed by atoms with Crippen LogP contribution in [0.15, 0.2) is 18.2 Å². The first-order chi connectivity index (χ1) is 17.0. The van der Waals surface area contributed by atoms with Gasteiger partial charge in [-0.25, -0.2) is 0 Å². The van der Waals surface area contributed by atoms with Crippen LogP contribution in [0, 0.1) is 5.41 Å². The van der Waals surface area contributed by atoms with Crippen LogP contribution in [0.4, 0.5) is 18.9 Å². The number of carbonyl (C=O) groups is 4. The van der Waals surface area contributed by atoms with Crippen LogP contribution in [0.3, 0.4) is 0 Å². The SMILES string of the molecule is CN(c1ccc2c(c1)C(=O)N(C1CCC(=O)NC1=O)C2=O)[C@@H]1CCCC[C@H]1NCC1(C(F)(F)F)CC1. The molecule has 2 aliphatic carbocycles. The number of hydrogen-bond donors (Lipinski definition) is 2. The highest BCUT2D eigenvalue weighted by Gasteiger charge is 2.63. The highest BCUT2D eigenvalue weighted by molar-refractivity contribution is 6.23.